The molecule has 3 N–H and O–H groups in total. The SMILES string of the molecule is CN1CCN(c2ccc(C=Cc3n[nH]c4cc(-c5ccnc(N)n5)ccc34)cn2)CC1. The summed E-state index contributed by atoms with van der Waals surface area (Å²) in [6, 6.07) is 12.1. The number of hydrogen-bond donors (Lipinski definition) is 2. The van der Waals surface area contributed by atoms with Crippen LogP contribution in [0.15, 0.2) is 48.8 Å². The number of likely N-dealkylation sites (N-methyl/N-ethyl adjacent to an activating group) is 1. The van der Waals surface area contributed by atoms with E-state index in [9.17, 15) is 0 Å². The minimum absolute atomic E-state index is 0.262. The lowest BCUT2D eigenvalue weighted by Gasteiger charge is -2.33. The van der Waals surface area contributed by atoms with E-state index in [1.165, 1.54) is 0 Å². The summed E-state index contributed by atoms with van der Waals surface area (Å²) in [6.07, 6.45) is 7.62. The van der Waals surface area contributed by atoms with Gasteiger partial charge in [0.05, 0.1) is 16.9 Å². The number of benzene rings is 1. The van der Waals surface area contributed by atoms with E-state index in [4.69, 9.17) is 5.73 Å². The Bertz CT molecular complexity index is 1220. The number of fused-ring (bicyclic) bond motifs is 1. The van der Waals surface area contributed by atoms with Crippen molar-refractivity contribution in [2.45, 2.75) is 0 Å². The third-order valence-corrected chi connectivity index (χ3v) is 5.59. The standard InChI is InChI=1S/C23H24N8/c1-30-10-12-31(13-11-30)22-7-3-16(15-26-22)2-6-20-18-5-4-17(14-21(18)29-28-20)19-8-9-25-23(24)27-19/h2-9,14-15H,10-13H2,1H3,(H,28,29)(H2,24,25,27). The lowest BCUT2D eigenvalue weighted by molar-refractivity contribution is 0.312. The molecule has 5 rings (SSSR count). The molecule has 3 aromatic heterocycles. The number of hydrogen-bond acceptors (Lipinski definition) is 7. The first-order valence-corrected chi connectivity index (χ1v) is 10.3. The second-order valence-electron chi connectivity index (χ2n) is 7.74. The molecule has 0 amide bonds. The van der Waals surface area contributed by atoms with Crippen LogP contribution in [0, 0.1) is 0 Å². The third-order valence-electron chi connectivity index (χ3n) is 5.59. The minimum atomic E-state index is 0.262. The first-order valence-electron chi connectivity index (χ1n) is 10.3. The van der Waals surface area contributed by atoms with Crippen LogP contribution < -0.4 is 10.6 Å². The average Bonchev–Trinajstić information content (AvgIpc) is 3.21. The second kappa shape index (κ2) is 8.16. The Labute approximate surface area is 180 Å². The van der Waals surface area contributed by atoms with E-state index in [1.807, 2.05) is 42.6 Å². The Morgan fingerprint density at radius 3 is 2.65 bits per heavy atom. The van der Waals surface area contributed by atoms with Crippen LogP contribution in [-0.2, 0) is 0 Å². The summed E-state index contributed by atoms with van der Waals surface area (Å²) >= 11 is 0. The highest BCUT2D eigenvalue weighted by Gasteiger charge is 2.14. The lowest BCUT2D eigenvalue weighted by atomic mass is 10.1. The zero-order valence-corrected chi connectivity index (χ0v) is 17.4. The molecule has 8 heteroatoms. The molecule has 4 aromatic rings. The van der Waals surface area contributed by atoms with Crippen LogP contribution in [0.2, 0.25) is 0 Å². The van der Waals surface area contributed by atoms with Gasteiger partial charge in [0, 0.05) is 49.5 Å². The first-order chi connectivity index (χ1) is 15.2. The Kier molecular flexibility index (Phi) is 5.05. The van der Waals surface area contributed by atoms with Gasteiger partial charge in [-0.3, -0.25) is 5.10 Å². The second-order valence-corrected chi connectivity index (χ2v) is 7.74. The van der Waals surface area contributed by atoms with Crippen molar-refractivity contribution in [3.63, 3.8) is 0 Å². The van der Waals surface area contributed by atoms with Crippen molar-refractivity contribution in [3.05, 3.63) is 60.0 Å². The molecule has 1 aromatic carbocycles. The summed E-state index contributed by atoms with van der Waals surface area (Å²) in [4.78, 5) is 17.6. The van der Waals surface area contributed by atoms with Crippen molar-refractivity contribution >= 4 is 34.8 Å². The van der Waals surface area contributed by atoms with Gasteiger partial charge >= 0.3 is 0 Å². The van der Waals surface area contributed by atoms with Crippen molar-refractivity contribution in [1.82, 2.24) is 30.0 Å². The van der Waals surface area contributed by atoms with Crippen LogP contribution in [-0.4, -0.2) is 63.3 Å². The van der Waals surface area contributed by atoms with E-state index in [2.05, 4.69) is 54.1 Å². The summed E-state index contributed by atoms with van der Waals surface area (Å²) in [5.74, 6) is 1.30. The predicted molar refractivity (Wildman–Crippen MR) is 124 cm³/mol. The molecule has 0 unspecified atom stereocenters. The van der Waals surface area contributed by atoms with Crippen molar-refractivity contribution in [1.29, 1.82) is 0 Å². The van der Waals surface area contributed by atoms with Gasteiger partial charge in [-0.25, -0.2) is 15.0 Å². The van der Waals surface area contributed by atoms with E-state index in [1.54, 1.807) is 6.20 Å². The summed E-state index contributed by atoms with van der Waals surface area (Å²) in [6.45, 7) is 4.17. The number of aromatic nitrogens is 5. The van der Waals surface area contributed by atoms with Gasteiger partial charge in [-0.15, -0.1) is 0 Å². The average molecular weight is 413 g/mol. The Hall–Kier alpha value is -3.78. The number of nitrogens with two attached hydrogens (primary N) is 1. The molecule has 8 nitrogen and oxygen atoms in total. The number of H-pyrrole nitrogens is 1. The van der Waals surface area contributed by atoms with E-state index >= 15 is 0 Å². The fraction of sp³-hybridized carbons (Fsp3) is 0.217. The first kappa shape index (κ1) is 19.2. The quantitative estimate of drug-likeness (QED) is 0.532. The van der Waals surface area contributed by atoms with Gasteiger partial charge in [0.2, 0.25) is 5.95 Å². The van der Waals surface area contributed by atoms with E-state index in [0.29, 0.717) is 0 Å². The van der Waals surface area contributed by atoms with Gasteiger partial charge < -0.3 is 15.5 Å². The zero-order valence-electron chi connectivity index (χ0n) is 17.4. The highest BCUT2D eigenvalue weighted by Crippen LogP contribution is 2.25. The summed E-state index contributed by atoms with van der Waals surface area (Å²) in [5, 5.41) is 8.61. The molecule has 0 radical (unpaired) electrons. The highest BCUT2D eigenvalue weighted by molar-refractivity contribution is 5.91. The van der Waals surface area contributed by atoms with E-state index < -0.39 is 0 Å². The molecule has 1 fully saturated rings. The van der Waals surface area contributed by atoms with E-state index in [-0.39, 0.29) is 5.95 Å². The zero-order chi connectivity index (χ0) is 21.2. The number of nitrogens with zero attached hydrogens (tertiary/aromatic N) is 6. The van der Waals surface area contributed by atoms with Gasteiger partial charge in [0.1, 0.15) is 5.82 Å². The van der Waals surface area contributed by atoms with Crippen LogP contribution in [0.3, 0.4) is 0 Å². The third kappa shape index (κ3) is 4.10. The normalized spacial score (nSPS) is 15.2. The molecule has 1 saturated heterocycles. The number of nitrogens with one attached hydrogen (secondary N) is 1. The maximum Gasteiger partial charge on any atom is 0.220 e. The molecule has 0 spiro atoms. The number of nitrogen functional groups attached to an aromatic ring is 1. The number of aromatic amines is 1. The fourth-order valence-electron chi connectivity index (χ4n) is 3.76. The van der Waals surface area contributed by atoms with Crippen LogP contribution in [0.4, 0.5) is 11.8 Å². The van der Waals surface area contributed by atoms with Crippen LogP contribution in [0.5, 0.6) is 0 Å². The molecular formula is C23H24N8. The van der Waals surface area contributed by atoms with E-state index in [0.717, 1.165) is 65.4 Å². The topological polar surface area (TPSA) is 99.8 Å². The van der Waals surface area contributed by atoms with Gasteiger partial charge in [-0.05, 0) is 49.0 Å². The Morgan fingerprint density at radius 1 is 1.00 bits per heavy atom. The fourth-order valence-corrected chi connectivity index (χ4v) is 3.76. The number of anilines is 2. The Morgan fingerprint density at radius 2 is 1.87 bits per heavy atom. The van der Waals surface area contributed by atoms with Gasteiger partial charge in [-0.1, -0.05) is 12.1 Å². The summed E-state index contributed by atoms with van der Waals surface area (Å²) in [7, 11) is 2.16. The van der Waals surface area contributed by atoms with Gasteiger partial charge in [0.25, 0.3) is 0 Å². The molecule has 0 saturated carbocycles. The monoisotopic (exact) mass is 412 g/mol. The molecule has 0 atom stereocenters. The number of rotatable bonds is 4. The molecule has 1 aliphatic heterocycles. The lowest BCUT2D eigenvalue weighted by Crippen LogP contribution is -2.44. The molecule has 31 heavy (non-hydrogen) atoms. The largest absolute Gasteiger partial charge is 0.368 e. The predicted octanol–water partition coefficient (Wildman–Crippen LogP) is 2.92. The molecule has 4 heterocycles. The Balaban J connectivity index is 1.33. The maximum atomic E-state index is 5.70. The number of pyridine rings is 1. The maximum absolute atomic E-state index is 5.70. The van der Waals surface area contributed by atoms with Crippen molar-refractivity contribution in [3.8, 4) is 11.3 Å². The van der Waals surface area contributed by atoms with Crippen molar-refractivity contribution in [2.75, 3.05) is 43.9 Å². The van der Waals surface area contributed by atoms with Crippen LogP contribution in [0.1, 0.15) is 11.3 Å². The minimum Gasteiger partial charge on any atom is -0.368 e. The summed E-state index contributed by atoms with van der Waals surface area (Å²) < 4.78 is 0. The van der Waals surface area contributed by atoms with Crippen molar-refractivity contribution < 1.29 is 0 Å². The molecule has 0 aliphatic carbocycles. The van der Waals surface area contributed by atoms with Crippen LogP contribution >= 0.6 is 0 Å². The molecular weight excluding hydrogens is 388 g/mol. The number of piperazine rings is 1. The molecule has 156 valence electrons. The van der Waals surface area contributed by atoms with Crippen LogP contribution in [0.25, 0.3) is 34.3 Å². The summed E-state index contributed by atoms with van der Waals surface area (Å²) in [5.41, 5.74) is 10.3. The van der Waals surface area contributed by atoms with Crippen molar-refractivity contribution in [2.24, 2.45) is 0 Å². The molecule has 1 aliphatic rings. The van der Waals surface area contributed by atoms with Gasteiger partial charge in [-0.2, -0.15) is 5.10 Å². The highest BCUT2D eigenvalue weighted by atomic mass is 15.3. The smallest absolute Gasteiger partial charge is 0.220 e. The molecule has 0 bridgehead atoms. The van der Waals surface area contributed by atoms with Gasteiger partial charge in [0.15, 0.2) is 0 Å².